The number of rotatable bonds is 7. The fraction of sp³-hybridized carbons (Fsp3) is 0.643. The molecule has 1 rings (SSSR count). The van der Waals surface area contributed by atoms with Gasteiger partial charge in [-0.2, -0.15) is 5.10 Å². The van der Waals surface area contributed by atoms with Crippen molar-refractivity contribution in [2.45, 2.75) is 33.2 Å². The Bertz CT molecular complexity index is 494. The molecule has 1 heterocycles. The molecule has 0 saturated heterocycles. The second-order valence-corrected chi connectivity index (χ2v) is 5.33. The van der Waals surface area contributed by atoms with Crippen LogP contribution in [0, 0.1) is 5.41 Å². The number of aromatic nitrogens is 2. The number of aliphatic carboxylic acids is 1. The fourth-order valence-electron chi connectivity index (χ4n) is 2.16. The van der Waals surface area contributed by atoms with Crippen LogP contribution in [0.4, 0.5) is 4.79 Å². The third-order valence-corrected chi connectivity index (χ3v) is 3.91. The molecule has 0 radical (unpaired) electrons. The van der Waals surface area contributed by atoms with Crippen LogP contribution >= 0.6 is 0 Å². The number of carboxylic acid groups (broad SMARTS) is 1. The second-order valence-electron chi connectivity index (χ2n) is 5.33. The lowest BCUT2D eigenvalue weighted by Crippen LogP contribution is -2.46. The largest absolute Gasteiger partial charge is 0.481 e. The van der Waals surface area contributed by atoms with Gasteiger partial charge in [-0.25, -0.2) is 4.79 Å². The quantitative estimate of drug-likeness (QED) is 0.797. The Kier molecular flexibility index (Phi) is 5.75. The molecule has 0 aromatic carbocycles. The zero-order valence-electron chi connectivity index (χ0n) is 13.1. The van der Waals surface area contributed by atoms with Crippen LogP contribution in [0.25, 0.3) is 0 Å². The number of hydrogen-bond donors (Lipinski definition) is 2. The van der Waals surface area contributed by atoms with Gasteiger partial charge in [0, 0.05) is 32.4 Å². The monoisotopic (exact) mass is 296 g/mol. The van der Waals surface area contributed by atoms with E-state index < -0.39 is 11.4 Å². The van der Waals surface area contributed by atoms with Crippen molar-refractivity contribution >= 4 is 12.0 Å². The van der Waals surface area contributed by atoms with Crippen LogP contribution in [-0.4, -0.2) is 45.4 Å². The Balaban J connectivity index is 2.57. The molecule has 1 aromatic heterocycles. The topological polar surface area (TPSA) is 87.5 Å². The molecule has 0 unspecified atom stereocenters. The summed E-state index contributed by atoms with van der Waals surface area (Å²) in [5, 5.41) is 16.1. The number of carbonyl (C=O) groups is 2. The average Bonchev–Trinajstić information content (AvgIpc) is 2.85. The highest BCUT2D eigenvalue weighted by Crippen LogP contribution is 2.25. The smallest absolute Gasteiger partial charge is 0.317 e. The molecule has 1 aromatic rings. The zero-order chi connectivity index (χ0) is 16.0. The van der Waals surface area contributed by atoms with Crippen LogP contribution in [0.5, 0.6) is 0 Å². The molecule has 0 spiro atoms. The van der Waals surface area contributed by atoms with Crippen molar-refractivity contribution in [2.24, 2.45) is 12.5 Å². The van der Waals surface area contributed by atoms with Gasteiger partial charge in [0.2, 0.25) is 0 Å². The Hall–Kier alpha value is -2.05. The predicted molar refractivity (Wildman–Crippen MR) is 78.7 cm³/mol. The van der Waals surface area contributed by atoms with Crippen molar-refractivity contribution in [1.29, 1.82) is 0 Å². The molecule has 0 bridgehead atoms. The van der Waals surface area contributed by atoms with Gasteiger partial charge in [0.15, 0.2) is 0 Å². The van der Waals surface area contributed by atoms with Gasteiger partial charge in [0.1, 0.15) is 0 Å². The van der Waals surface area contributed by atoms with Gasteiger partial charge in [-0.3, -0.25) is 9.48 Å². The van der Waals surface area contributed by atoms with Gasteiger partial charge < -0.3 is 15.3 Å². The third-order valence-electron chi connectivity index (χ3n) is 3.91. The van der Waals surface area contributed by atoms with Crippen molar-refractivity contribution < 1.29 is 14.7 Å². The minimum Gasteiger partial charge on any atom is -0.481 e. The molecule has 0 atom stereocenters. The maximum atomic E-state index is 12.0. The molecule has 0 aliphatic carbocycles. The highest BCUT2D eigenvalue weighted by Gasteiger charge is 2.35. The van der Waals surface area contributed by atoms with Crippen LogP contribution in [0.3, 0.4) is 0 Å². The molecule has 7 heteroatoms. The van der Waals surface area contributed by atoms with E-state index in [2.05, 4.69) is 10.4 Å². The molecule has 0 fully saturated rings. The highest BCUT2D eigenvalue weighted by atomic mass is 16.4. The van der Waals surface area contributed by atoms with Crippen LogP contribution < -0.4 is 5.32 Å². The average molecular weight is 296 g/mol. The molecule has 0 saturated carbocycles. The number of nitrogens with zero attached hydrogens (tertiary/aromatic N) is 3. The lowest BCUT2D eigenvalue weighted by Gasteiger charge is -2.28. The first kappa shape index (κ1) is 17.0. The molecular formula is C14H24N4O3. The standard InChI is InChI=1S/C14H24N4O3/c1-5-14(6-2,12(19)20)10-15-13(21)17(3)8-11-7-16-18(4)9-11/h7,9H,5-6,8,10H2,1-4H3,(H,15,21)(H,19,20). The van der Waals surface area contributed by atoms with Crippen molar-refractivity contribution in [1.82, 2.24) is 20.0 Å². The molecular weight excluding hydrogens is 272 g/mol. The number of hydrogen-bond acceptors (Lipinski definition) is 3. The van der Waals surface area contributed by atoms with Gasteiger partial charge in [-0.05, 0) is 12.8 Å². The lowest BCUT2D eigenvalue weighted by atomic mass is 9.82. The van der Waals surface area contributed by atoms with Crippen LogP contribution in [0.1, 0.15) is 32.3 Å². The first-order chi connectivity index (χ1) is 9.84. The van der Waals surface area contributed by atoms with E-state index in [1.165, 1.54) is 4.90 Å². The SMILES string of the molecule is CCC(CC)(CNC(=O)N(C)Cc1cnn(C)c1)C(=O)O. The summed E-state index contributed by atoms with van der Waals surface area (Å²) in [5.41, 5.74) is 0.0239. The summed E-state index contributed by atoms with van der Waals surface area (Å²) >= 11 is 0. The van der Waals surface area contributed by atoms with Crippen LogP contribution in [-0.2, 0) is 18.4 Å². The Morgan fingerprint density at radius 3 is 2.48 bits per heavy atom. The summed E-state index contributed by atoms with van der Waals surface area (Å²) in [7, 11) is 3.48. The molecule has 2 N–H and O–H groups in total. The number of amides is 2. The van der Waals surface area contributed by atoms with Crippen molar-refractivity contribution in [3.05, 3.63) is 18.0 Å². The van der Waals surface area contributed by atoms with Gasteiger partial charge in [0.05, 0.1) is 18.2 Å². The van der Waals surface area contributed by atoms with E-state index in [0.717, 1.165) is 5.56 Å². The first-order valence-corrected chi connectivity index (χ1v) is 7.04. The van der Waals surface area contributed by atoms with Gasteiger partial charge in [-0.15, -0.1) is 0 Å². The predicted octanol–water partition coefficient (Wildman–Crippen LogP) is 1.45. The summed E-state index contributed by atoms with van der Waals surface area (Å²) < 4.78 is 1.67. The molecule has 118 valence electrons. The Labute approximate surface area is 124 Å². The van der Waals surface area contributed by atoms with E-state index in [0.29, 0.717) is 19.4 Å². The van der Waals surface area contributed by atoms with Gasteiger partial charge >= 0.3 is 12.0 Å². The van der Waals surface area contributed by atoms with Crippen molar-refractivity contribution in [2.75, 3.05) is 13.6 Å². The number of aryl methyl sites for hydroxylation is 1. The molecule has 7 nitrogen and oxygen atoms in total. The third kappa shape index (κ3) is 4.21. The van der Waals surface area contributed by atoms with Crippen LogP contribution in [0.15, 0.2) is 12.4 Å². The number of carboxylic acids is 1. The van der Waals surface area contributed by atoms with Crippen molar-refractivity contribution in [3.63, 3.8) is 0 Å². The van der Waals surface area contributed by atoms with E-state index in [4.69, 9.17) is 0 Å². The fourth-order valence-corrected chi connectivity index (χ4v) is 2.16. The maximum absolute atomic E-state index is 12.0. The molecule has 0 aliphatic heterocycles. The number of carbonyl (C=O) groups excluding carboxylic acids is 1. The van der Waals surface area contributed by atoms with E-state index in [9.17, 15) is 14.7 Å². The number of urea groups is 1. The second kappa shape index (κ2) is 7.10. The number of nitrogens with one attached hydrogen (secondary N) is 1. The molecule has 21 heavy (non-hydrogen) atoms. The van der Waals surface area contributed by atoms with E-state index >= 15 is 0 Å². The van der Waals surface area contributed by atoms with Crippen LogP contribution in [0.2, 0.25) is 0 Å². The normalized spacial score (nSPS) is 11.2. The molecule has 0 aliphatic rings. The van der Waals surface area contributed by atoms with E-state index in [1.807, 2.05) is 27.1 Å². The van der Waals surface area contributed by atoms with Gasteiger partial charge in [0.25, 0.3) is 0 Å². The highest BCUT2D eigenvalue weighted by molar-refractivity contribution is 5.78. The zero-order valence-corrected chi connectivity index (χ0v) is 13.1. The Morgan fingerprint density at radius 1 is 1.43 bits per heavy atom. The van der Waals surface area contributed by atoms with E-state index in [1.54, 1.807) is 17.9 Å². The minimum atomic E-state index is -0.898. The summed E-state index contributed by atoms with van der Waals surface area (Å²) in [5.74, 6) is -0.872. The summed E-state index contributed by atoms with van der Waals surface area (Å²) in [6.07, 6.45) is 4.49. The van der Waals surface area contributed by atoms with Gasteiger partial charge in [-0.1, -0.05) is 13.8 Å². The first-order valence-electron chi connectivity index (χ1n) is 7.04. The lowest BCUT2D eigenvalue weighted by molar-refractivity contribution is -0.149. The Morgan fingerprint density at radius 2 is 2.05 bits per heavy atom. The summed E-state index contributed by atoms with van der Waals surface area (Å²) in [6.45, 7) is 4.20. The summed E-state index contributed by atoms with van der Waals surface area (Å²) in [4.78, 5) is 24.9. The van der Waals surface area contributed by atoms with Crippen molar-refractivity contribution in [3.8, 4) is 0 Å². The summed E-state index contributed by atoms with van der Waals surface area (Å²) in [6, 6.07) is -0.286. The minimum absolute atomic E-state index is 0.131. The van der Waals surface area contributed by atoms with E-state index in [-0.39, 0.29) is 12.6 Å². The maximum Gasteiger partial charge on any atom is 0.317 e. The molecule has 2 amide bonds.